The quantitative estimate of drug-likeness (QED) is 0.179. The molecule has 0 aliphatic heterocycles. The maximum atomic E-state index is 6.81. The summed E-state index contributed by atoms with van der Waals surface area (Å²) in [4.78, 5) is 15.4. The molecular weight excluding hydrogens is 671 g/mol. The molecule has 0 saturated heterocycles. The van der Waals surface area contributed by atoms with Crippen LogP contribution in [0.25, 0.3) is 111 Å². The third kappa shape index (κ3) is 5.19. The van der Waals surface area contributed by atoms with Gasteiger partial charge in [0.25, 0.3) is 0 Å². The Morgan fingerprint density at radius 3 is 1.71 bits per heavy atom. The van der Waals surface area contributed by atoms with Gasteiger partial charge in [0.05, 0.1) is 0 Å². The molecule has 0 atom stereocenters. The number of hydrogen-bond donors (Lipinski definition) is 0. The van der Waals surface area contributed by atoms with Gasteiger partial charge in [0.2, 0.25) is 0 Å². The van der Waals surface area contributed by atoms with E-state index in [0.717, 1.165) is 87.8 Å². The Labute approximate surface area is 317 Å². The summed E-state index contributed by atoms with van der Waals surface area (Å²) in [5, 5.41) is 8.93. The molecule has 0 amide bonds. The van der Waals surface area contributed by atoms with E-state index in [1.807, 2.05) is 36.4 Å². The van der Waals surface area contributed by atoms with Crippen LogP contribution < -0.4 is 0 Å². The molecule has 0 fully saturated rings. The maximum Gasteiger partial charge on any atom is 0.164 e. The number of para-hydroxylation sites is 1. The van der Waals surface area contributed by atoms with Crippen molar-refractivity contribution in [1.82, 2.24) is 15.0 Å². The van der Waals surface area contributed by atoms with Crippen molar-refractivity contribution in [3.8, 4) is 56.4 Å². The zero-order valence-electron chi connectivity index (χ0n) is 29.6. The lowest BCUT2D eigenvalue weighted by atomic mass is 9.88. The highest BCUT2D eigenvalue weighted by Crippen LogP contribution is 2.46. The molecule has 0 N–H and O–H groups in total. The lowest BCUT2D eigenvalue weighted by Crippen LogP contribution is -2.01. The number of fused-ring (bicyclic) bond motifs is 7. The Morgan fingerprint density at radius 1 is 0.309 bits per heavy atom. The first-order chi connectivity index (χ1) is 27.3. The van der Waals surface area contributed by atoms with Gasteiger partial charge in [-0.25, -0.2) is 15.0 Å². The molecule has 0 radical (unpaired) electrons. The summed E-state index contributed by atoms with van der Waals surface area (Å²) in [6.45, 7) is 0. The van der Waals surface area contributed by atoms with Crippen LogP contribution in [-0.4, -0.2) is 15.0 Å². The molecule has 0 aliphatic rings. The highest BCUT2D eigenvalue weighted by Gasteiger charge is 2.22. The minimum absolute atomic E-state index is 0.629. The molecule has 2 aromatic heterocycles. The fourth-order valence-electron chi connectivity index (χ4n) is 8.13. The standard InChI is InChI=1S/C51H31N3O/c1-3-15-33(16-4-1)38-24-13-20-36-31-44(47-43-23-11-12-25-45(43)55-48(47)46(36)38)41-28-29-42(40-22-10-9-21-39(40)41)51-53-49(34-17-5-2-6-18-34)52-50(54-51)37-27-26-32-14-7-8-19-35(32)30-37/h1-31H. The molecular formula is C51H31N3O. The van der Waals surface area contributed by atoms with Gasteiger partial charge >= 0.3 is 0 Å². The Morgan fingerprint density at radius 2 is 0.909 bits per heavy atom. The van der Waals surface area contributed by atoms with Crippen molar-refractivity contribution in [2.45, 2.75) is 0 Å². The van der Waals surface area contributed by atoms with Gasteiger partial charge in [0, 0.05) is 32.8 Å². The molecule has 0 spiro atoms. The topological polar surface area (TPSA) is 51.8 Å². The van der Waals surface area contributed by atoms with E-state index < -0.39 is 0 Å². The van der Waals surface area contributed by atoms with E-state index >= 15 is 0 Å². The highest BCUT2D eigenvalue weighted by atomic mass is 16.3. The van der Waals surface area contributed by atoms with Crippen LogP contribution in [0.4, 0.5) is 0 Å². The first kappa shape index (κ1) is 31.1. The summed E-state index contributed by atoms with van der Waals surface area (Å²) in [5.74, 6) is 1.90. The second kappa shape index (κ2) is 12.6. The van der Waals surface area contributed by atoms with Gasteiger partial charge < -0.3 is 4.42 Å². The van der Waals surface area contributed by atoms with Crippen LogP contribution in [0, 0.1) is 0 Å². The Balaban J connectivity index is 1.16. The third-order valence-electron chi connectivity index (χ3n) is 10.7. The molecule has 55 heavy (non-hydrogen) atoms. The Kier molecular flexibility index (Phi) is 7.14. The molecule has 4 nitrogen and oxygen atoms in total. The van der Waals surface area contributed by atoms with E-state index in [1.165, 1.54) is 5.39 Å². The summed E-state index contributed by atoms with van der Waals surface area (Å²) >= 11 is 0. The van der Waals surface area contributed by atoms with E-state index in [4.69, 9.17) is 19.4 Å². The summed E-state index contributed by atoms with van der Waals surface area (Å²) in [5.41, 5.74) is 9.15. The third-order valence-corrected chi connectivity index (χ3v) is 10.7. The van der Waals surface area contributed by atoms with Gasteiger partial charge in [-0.3, -0.25) is 0 Å². The molecule has 0 saturated carbocycles. The van der Waals surface area contributed by atoms with Gasteiger partial charge in [0.1, 0.15) is 11.2 Å². The van der Waals surface area contributed by atoms with Gasteiger partial charge in [0.15, 0.2) is 17.5 Å². The lowest BCUT2D eigenvalue weighted by Gasteiger charge is -2.15. The smallest absolute Gasteiger partial charge is 0.164 e. The van der Waals surface area contributed by atoms with Crippen LogP contribution in [0.15, 0.2) is 192 Å². The van der Waals surface area contributed by atoms with Crippen molar-refractivity contribution < 1.29 is 4.42 Å². The number of benzene rings is 9. The molecule has 0 unspecified atom stereocenters. The first-order valence-electron chi connectivity index (χ1n) is 18.5. The van der Waals surface area contributed by atoms with Crippen molar-refractivity contribution in [2.24, 2.45) is 0 Å². The summed E-state index contributed by atoms with van der Waals surface area (Å²) in [6, 6.07) is 65.7. The zero-order chi connectivity index (χ0) is 36.3. The summed E-state index contributed by atoms with van der Waals surface area (Å²) in [7, 11) is 0. The van der Waals surface area contributed by atoms with Crippen LogP contribution >= 0.6 is 0 Å². The van der Waals surface area contributed by atoms with Crippen LogP contribution in [-0.2, 0) is 0 Å². The summed E-state index contributed by atoms with van der Waals surface area (Å²) < 4.78 is 6.81. The van der Waals surface area contributed by atoms with E-state index in [9.17, 15) is 0 Å². The van der Waals surface area contributed by atoms with Crippen LogP contribution in [0.5, 0.6) is 0 Å². The molecule has 2 heterocycles. The molecule has 0 bridgehead atoms. The van der Waals surface area contributed by atoms with Crippen molar-refractivity contribution in [1.29, 1.82) is 0 Å². The van der Waals surface area contributed by atoms with Gasteiger partial charge in [-0.05, 0) is 73.5 Å². The zero-order valence-corrected chi connectivity index (χ0v) is 29.6. The highest BCUT2D eigenvalue weighted by molar-refractivity contribution is 6.25. The van der Waals surface area contributed by atoms with E-state index in [1.54, 1.807) is 0 Å². The number of furan rings is 1. The van der Waals surface area contributed by atoms with E-state index in [-0.39, 0.29) is 0 Å². The van der Waals surface area contributed by atoms with Gasteiger partial charge in [-0.15, -0.1) is 0 Å². The van der Waals surface area contributed by atoms with E-state index in [0.29, 0.717) is 17.5 Å². The van der Waals surface area contributed by atoms with Gasteiger partial charge in [-0.2, -0.15) is 0 Å². The average molecular weight is 702 g/mol. The Hall–Kier alpha value is -7.43. The van der Waals surface area contributed by atoms with Crippen LogP contribution in [0.3, 0.4) is 0 Å². The first-order valence-corrected chi connectivity index (χ1v) is 18.5. The SMILES string of the molecule is c1ccc(-c2nc(-c3ccc4ccccc4c3)nc(-c3ccc(-c4cc5cccc(-c6ccccc6)c5c5oc6ccccc6c45)c4ccccc34)n2)cc1. The molecule has 0 aliphatic carbocycles. The summed E-state index contributed by atoms with van der Waals surface area (Å²) in [6.07, 6.45) is 0. The normalized spacial score (nSPS) is 11.6. The van der Waals surface area contributed by atoms with Crippen molar-refractivity contribution in [3.05, 3.63) is 188 Å². The number of rotatable bonds is 5. The molecule has 11 aromatic rings. The van der Waals surface area contributed by atoms with Crippen molar-refractivity contribution in [2.75, 3.05) is 0 Å². The Bertz CT molecular complexity index is 3260. The predicted octanol–water partition coefficient (Wildman–Crippen LogP) is 13.6. The maximum absolute atomic E-state index is 6.81. The van der Waals surface area contributed by atoms with Crippen LogP contribution in [0.2, 0.25) is 0 Å². The predicted molar refractivity (Wildman–Crippen MR) is 227 cm³/mol. The average Bonchev–Trinajstić information content (AvgIpc) is 3.66. The number of nitrogens with zero attached hydrogens (tertiary/aromatic N) is 3. The minimum Gasteiger partial charge on any atom is -0.455 e. The van der Waals surface area contributed by atoms with Gasteiger partial charge in [-0.1, -0.05) is 164 Å². The molecule has 256 valence electrons. The molecule has 4 heteroatoms. The molecule has 9 aromatic carbocycles. The number of aromatic nitrogens is 3. The largest absolute Gasteiger partial charge is 0.455 e. The van der Waals surface area contributed by atoms with Crippen LogP contribution in [0.1, 0.15) is 0 Å². The second-order valence-corrected chi connectivity index (χ2v) is 13.9. The second-order valence-electron chi connectivity index (χ2n) is 13.9. The minimum atomic E-state index is 0.629. The molecule has 11 rings (SSSR count). The van der Waals surface area contributed by atoms with E-state index in [2.05, 4.69) is 152 Å². The van der Waals surface area contributed by atoms with Crippen molar-refractivity contribution >= 4 is 54.3 Å². The number of hydrogen-bond acceptors (Lipinski definition) is 4. The fourth-order valence-corrected chi connectivity index (χ4v) is 8.13. The van der Waals surface area contributed by atoms with Crippen molar-refractivity contribution in [3.63, 3.8) is 0 Å². The fraction of sp³-hybridized carbons (Fsp3) is 0. The monoisotopic (exact) mass is 701 g/mol. The lowest BCUT2D eigenvalue weighted by molar-refractivity contribution is 0.673.